The van der Waals surface area contributed by atoms with Crippen LogP contribution in [-0.4, -0.2) is 68.1 Å². The van der Waals surface area contributed by atoms with Crippen molar-refractivity contribution in [3.05, 3.63) is 24.1 Å². The molecule has 22 heavy (non-hydrogen) atoms. The van der Waals surface area contributed by atoms with E-state index < -0.39 is 24.0 Å². The summed E-state index contributed by atoms with van der Waals surface area (Å²) in [6.07, 6.45) is 8.90. The smallest absolute Gasteiger partial charge is 0.372 e. The van der Waals surface area contributed by atoms with Crippen LogP contribution in [0.25, 0.3) is 0 Å². The molecule has 0 bridgehead atoms. The quantitative estimate of drug-likeness (QED) is 0.395. The van der Waals surface area contributed by atoms with Gasteiger partial charge in [0.15, 0.2) is 5.76 Å². The number of carboxylic acid groups (broad SMARTS) is 2. The first-order valence-electron chi connectivity index (χ1n) is 7.38. The lowest BCUT2D eigenvalue weighted by Crippen LogP contribution is -2.31. The minimum absolute atomic E-state index is 0.0459. The summed E-state index contributed by atoms with van der Waals surface area (Å²) in [7, 11) is 0. The molecular weight excluding hydrogens is 288 g/mol. The molecule has 0 aromatic rings. The summed E-state index contributed by atoms with van der Waals surface area (Å²) in [5, 5.41) is 28.0. The summed E-state index contributed by atoms with van der Waals surface area (Å²) in [6.45, 7) is 1.28. The zero-order chi connectivity index (χ0) is 16.1. The van der Waals surface area contributed by atoms with Gasteiger partial charge in [0.1, 0.15) is 12.6 Å². The molecule has 0 aliphatic carbocycles. The molecule has 2 unspecified atom stereocenters. The summed E-state index contributed by atoms with van der Waals surface area (Å²) in [4.78, 5) is 23.8. The van der Waals surface area contributed by atoms with Crippen LogP contribution >= 0.6 is 0 Å². The molecule has 2 saturated heterocycles. The van der Waals surface area contributed by atoms with E-state index in [0.717, 1.165) is 12.8 Å². The molecule has 0 spiro atoms. The van der Waals surface area contributed by atoms with Gasteiger partial charge in [-0.15, -0.1) is 0 Å². The highest BCUT2D eigenvalue weighted by atomic mass is 16.4. The third-order valence-electron chi connectivity index (χ3n) is 4.00. The molecule has 0 radical (unpaired) electrons. The van der Waals surface area contributed by atoms with Crippen LogP contribution in [0.3, 0.4) is 0 Å². The standard InChI is InChI=1S/C15H20N2O5/c18-11(10-17-9-3-6-13(17)15(21)22)4-1-7-16-8-2-5-12(16)14(19)20/h1,4,7,10,12-13H,2-3,5-6,8-9H2,(H2-,18,19,20,21,22)/p+1. The zero-order valence-corrected chi connectivity index (χ0v) is 12.3. The Hall–Kier alpha value is -2.31. The number of rotatable bonds is 5. The van der Waals surface area contributed by atoms with E-state index in [-0.39, 0.29) is 5.76 Å². The molecule has 2 atom stereocenters. The van der Waals surface area contributed by atoms with Crippen molar-refractivity contribution in [2.75, 3.05) is 13.1 Å². The third kappa shape index (κ3) is 3.87. The Labute approximate surface area is 128 Å². The van der Waals surface area contributed by atoms with Gasteiger partial charge >= 0.3 is 11.9 Å². The molecule has 0 aromatic carbocycles. The van der Waals surface area contributed by atoms with Gasteiger partial charge in [0.05, 0.1) is 0 Å². The second kappa shape index (κ2) is 7.11. The van der Waals surface area contributed by atoms with Crippen molar-refractivity contribution in [3.63, 3.8) is 0 Å². The van der Waals surface area contributed by atoms with Crippen molar-refractivity contribution in [2.45, 2.75) is 37.8 Å². The number of hydrogen-bond donors (Lipinski definition) is 3. The molecule has 7 nitrogen and oxygen atoms in total. The Morgan fingerprint density at radius 2 is 1.86 bits per heavy atom. The lowest BCUT2D eigenvalue weighted by molar-refractivity contribution is -0.528. The maximum Gasteiger partial charge on any atom is 0.372 e. The van der Waals surface area contributed by atoms with E-state index in [1.54, 1.807) is 21.8 Å². The average Bonchev–Trinajstić information content (AvgIpc) is 3.07. The summed E-state index contributed by atoms with van der Waals surface area (Å²) in [6, 6.07) is -1.10. The molecule has 0 amide bonds. The van der Waals surface area contributed by atoms with Crippen LogP contribution in [0.5, 0.6) is 0 Å². The number of aliphatic carboxylic acids is 2. The second-order valence-corrected chi connectivity index (χ2v) is 5.53. The molecule has 7 heteroatoms. The summed E-state index contributed by atoms with van der Waals surface area (Å²) in [5.41, 5.74) is 0. The predicted molar refractivity (Wildman–Crippen MR) is 79.1 cm³/mol. The van der Waals surface area contributed by atoms with Gasteiger partial charge in [0.2, 0.25) is 12.3 Å². The van der Waals surface area contributed by atoms with E-state index in [0.29, 0.717) is 25.9 Å². The molecule has 0 saturated carbocycles. The van der Waals surface area contributed by atoms with E-state index in [1.165, 1.54) is 12.3 Å². The van der Waals surface area contributed by atoms with Crippen LogP contribution in [-0.2, 0) is 9.59 Å². The topological polar surface area (TPSA) is 101 Å². The molecule has 2 aliphatic heterocycles. The van der Waals surface area contributed by atoms with Gasteiger partial charge in [-0.25, -0.2) is 14.2 Å². The van der Waals surface area contributed by atoms with Gasteiger partial charge in [0, 0.05) is 25.6 Å². The van der Waals surface area contributed by atoms with Crippen molar-refractivity contribution < 1.29 is 29.5 Å². The molecule has 3 N–H and O–H groups in total. The molecule has 120 valence electrons. The highest BCUT2D eigenvalue weighted by molar-refractivity contribution is 5.76. The Balaban J connectivity index is 1.99. The van der Waals surface area contributed by atoms with Gasteiger partial charge in [-0.3, -0.25) is 0 Å². The molecular formula is C15H21N2O5+. The molecule has 2 heterocycles. The number of aliphatic hydroxyl groups is 1. The zero-order valence-electron chi connectivity index (χ0n) is 12.3. The summed E-state index contributed by atoms with van der Waals surface area (Å²) in [5.74, 6) is -1.78. The first kappa shape index (κ1) is 16.1. The number of carboxylic acids is 2. The minimum atomic E-state index is -0.890. The molecule has 2 rings (SSSR count). The lowest BCUT2D eigenvalue weighted by atomic mass is 10.2. The average molecular weight is 309 g/mol. The van der Waals surface area contributed by atoms with Gasteiger partial charge in [-0.2, -0.15) is 0 Å². The van der Waals surface area contributed by atoms with E-state index in [9.17, 15) is 14.7 Å². The second-order valence-electron chi connectivity index (χ2n) is 5.53. The van der Waals surface area contributed by atoms with Crippen LogP contribution < -0.4 is 0 Å². The highest BCUT2D eigenvalue weighted by Crippen LogP contribution is 2.17. The summed E-state index contributed by atoms with van der Waals surface area (Å²) >= 11 is 0. The lowest BCUT2D eigenvalue weighted by Gasteiger charge is -2.17. The number of aliphatic hydroxyl groups excluding tert-OH is 1. The largest absolute Gasteiger partial charge is 0.503 e. The predicted octanol–water partition coefficient (Wildman–Crippen LogP) is 0.821. The van der Waals surface area contributed by atoms with Crippen LogP contribution in [0, 0.1) is 0 Å². The van der Waals surface area contributed by atoms with Gasteiger partial charge in [-0.05, 0) is 25.0 Å². The van der Waals surface area contributed by atoms with Crippen LogP contribution in [0.4, 0.5) is 0 Å². The van der Waals surface area contributed by atoms with Crippen molar-refractivity contribution in [3.8, 4) is 0 Å². The van der Waals surface area contributed by atoms with Crippen LogP contribution in [0.1, 0.15) is 25.7 Å². The molecule has 2 fully saturated rings. The Morgan fingerprint density at radius 1 is 1.09 bits per heavy atom. The fourth-order valence-corrected chi connectivity index (χ4v) is 2.91. The first-order chi connectivity index (χ1) is 10.5. The molecule has 2 aliphatic rings. The minimum Gasteiger partial charge on any atom is -0.503 e. The highest BCUT2D eigenvalue weighted by Gasteiger charge is 2.34. The van der Waals surface area contributed by atoms with Crippen molar-refractivity contribution in [2.24, 2.45) is 0 Å². The third-order valence-corrected chi connectivity index (χ3v) is 4.00. The summed E-state index contributed by atoms with van der Waals surface area (Å²) < 4.78 is 1.61. The van der Waals surface area contributed by atoms with E-state index in [4.69, 9.17) is 10.2 Å². The van der Waals surface area contributed by atoms with E-state index >= 15 is 0 Å². The van der Waals surface area contributed by atoms with Gasteiger partial charge in [-0.1, -0.05) is 0 Å². The van der Waals surface area contributed by atoms with Gasteiger partial charge < -0.3 is 20.2 Å². The van der Waals surface area contributed by atoms with E-state index in [1.807, 2.05) is 0 Å². The maximum atomic E-state index is 11.0. The number of likely N-dealkylation sites (tertiary alicyclic amines) is 1. The van der Waals surface area contributed by atoms with Crippen molar-refractivity contribution in [1.29, 1.82) is 0 Å². The van der Waals surface area contributed by atoms with Crippen LogP contribution in [0.15, 0.2) is 24.1 Å². The number of hydrogen-bond acceptors (Lipinski definition) is 4. The SMILES string of the molecule is O=C(O)C1CCCN1C=CC=C(O)C=[N+]1CCCC1C(=O)O. The Kier molecular flexibility index (Phi) is 5.19. The number of carbonyl (C=O) groups is 2. The Bertz CT molecular complexity index is 538. The fourth-order valence-electron chi connectivity index (χ4n) is 2.91. The fraction of sp³-hybridized carbons (Fsp3) is 0.533. The maximum absolute atomic E-state index is 11.0. The van der Waals surface area contributed by atoms with Crippen molar-refractivity contribution >= 4 is 18.2 Å². The van der Waals surface area contributed by atoms with Gasteiger partial charge in [0.25, 0.3) is 0 Å². The Morgan fingerprint density at radius 3 is 2.55 bits per heavy atom. The number of nitrogens with zero attached hydrogens (tertiary/aromatic N) is 2. The molecule has 0 aromatic heterocycles. The van der Waals surface area contributed by atoms with Crippen molar-refractivity contribution in [1.82, 2.24) is 4.90 Å². The number of allylic oxidation sites excluding steroid dienone is 3. The van der Waals surface area contributed by atoms with E-state index in [2.05, 4.69) is 0 Å². The van der Waals surface area contributed by atoms with Crippen LogP contribution in [0.2, 0.25) is 0 Å². The normalized spacial score (nSPS) is 27.9. The monoisotopic (exact) mass is 309 g/mol. The first-order valence-corrected chi connectivity index (χ1v) is 7.38.